The van der Waals surface area contributed by atoms with Crippen LogP contribution < -0.4 is 9.44 Å². The number of piperidine rings is 1. The molecule has 3 N–H and O–H groups in total. The average molecular weight is 485 g/mol. The Morgan fingerprint density at radius 2 is 1.77 bits per heavy atom. The molecule has 1 aromatic heterocycles. The first-order chi connectivity index (χ1) is 14.3. The summed E-state index contributed by atoms with van der Waals surface area (Å²) in [7, 11) is -1.62. The molecule has 0 aliphatic carbocycles. The number of nitrogens with one attached hydrogen (secondary N) is 3. The number of likely N-dealkylation sites (tertiary alicyclic amines) is 1. The second-order valence-corrected chi connectivity index (χ2v) is 10.9. The molecule has 2 heterocycles. The maximum Gasteiger partial charge on any atom is 0.261 e. The van der Waals surface area contributed by atoms with Crippen molar-refractivity contribution in [3.8, 4) is 0 Å². The molecule has 10 heteroatoms. The van der Waals surface area contributed by atoms with Crippen molar-refractivity contribution in [2.24, 2.45) is 0 Å². The molecule has 1 aliphatic heterocycles. The fourth-order valence-corrected chi connectivity index (χ4v) is 5.93. The quantitative estimate of drug-likeness (QED) is 0.406. The summed E-state index contributed by atoms with van der Waals surface area (Å²) in [4.78, 5) is 5.48. The van der Waals surface area contributed by atoms with Gasteiger partial charge in [0, 0.05) is 22.5 Å². The molecule has 1 saturated heterocycles. The number of hydrogen-bond donors (Lipinski definition) is 3. The van der Waals surface area contributed by atoms with Gasteiger partial charge in [0.2, 0.25) is 0 Å². The highest BCUT2D eigenvalue weighted by atomic mass is 35.5. The highest BCUT2D eigenvalue weighted by molar-refractivity contribution is 8.01. The number of anilines is 2. The van der Waals surface area contributed by atoms with Gasteiger partial charge in [-0.05, 0) is 81.3 Å². The number of nitrogens with zero attached hydrogens (tertiary/aromatic N) is 1. The predicted octanol–water partition coefficient (Wildman–Crippen LogP) is 5.43. The summed E-state index contributed by atoms with van der Waals surface area (Å²) in [6.45, 7) is 2.21. The summed E-state index contributed by atoms with van der Waals surface area (Å²) in [5.41, 5.74) is 1.81. The summed E-state index contributed by atoms with van der Waals surface area (Å²) in [6.07, 6.45) is 3.87. The SMILES string of the molecule is CN1CCC(SNc2ccc(S(=O)(=O)Nc3ccc(Cl)c4c(Cl)c[nH]c34)cc2)CC1. The van der Waals surface area contributed by atoms with Crippen LogP contribution in [0.2, 0.25) is 10.0 Å². The molecule has 0 atom stereocenters. The van der Waals surface area contributed by atoms with E-state index in [1.807, 2.05) is 0 Å². The van der Waals surface area contributed by atoms with Crippen LogP contribution in [-0.2, 0) is 10.0 Å². The van der Waals surface area contributed by atoms with E-state index in [0.29, 0.717) is 31.9 Å². The lowest BCUT2D eigenvalue weighted by Gasteiger charge is -2.28. The lowest BCUT2D eigenvalue weighted by molar-refractivity contribution is 0.282. The van der Waals surface area contributed by atoms with Crippen LogP contribution in [0, 0.1) is 0 Å². The fraction of sp³-hybridized carbons (Fsp3) is 0.300. The number of aromatic nitrogens is 1. The maximum absolute atomic E-state index is 12.9. The Kier molecular flexibility index (Phi) is 6.41. The van der Waals surface area contributed by atoms with Crippen LogP contribution in [0.5, 0.6) is 0 Å². The second kappa shape index (κ2) is 8.88. The molecule has 0 amide bonds. The molecule has 3 aromatic rings. The number of hydrogen-bond acceptors (Lipinski definition) is 5. The summed E-state index contributed by atoms with van der Waals surface area (Å²) in [5.74, 6) is 0. The molecule has 4 rings (SSSR count). The van der Waals surface area contributed by atoms with Crippen LogP contribution in [0.1, 0.15) is 12.8 Å². The molecule has 2 aromatic carbocycles. The third-order valence-corrected chi connectivity index (χ3v) is 8.31. The summed E-state index contributed by atoms with van der Waals surface area (Å²) in [5, 5.41) is 2.04. The van der Waals surface area contributed by atoms with Gasteiger partial charge in [-0.3, -0.25) is 4.72 Å². The summed E-state index contributed by atoms with van der Waals surface area (Å²) in [6, 6.07) is 9.97. The predicted molar refractivity (Wildman–Crippen MR) is 127 cm³/mol. The number of halogens is 2. The first kappa shape index (κ1) is 21.6. The van der Waals surface area contributed by atoms with Crippen molar-refractivity contribution in [1.82, 2.24) is 9.88 Å². The molecule has 6 nitrogen and oxygen atoms in total. The minimum absolute atomic E-state index is 0.179. The van der Waals surface area contributed by atoms with E-state index in [1.54, 1.807) is 54.5 Å². The normalized spacial score (nSPS) is 16.1. The third-order valence-electron chi connectivity index (χ3n) is 5.15. The molecular formula is C20H22Cl2N4O2S2. The topological polar surface area (TPSA) is 77.2 Å². The summed E-state index contributed by atoms with van der Waals surface area (Å²) >= 11 is 14.0. The van der Waals surface area contributed by atoms with E-state index >= 15 is 0 Å². The Morgan fingerprint density at radius 1 is 1.07 bits per heavy atom. The Labute approximate surface area is 190 Å². The first-order valence-electron chi connectivity index (χ1n) is 9.51. The van der Waals surface area contributed by atoms with E-state index in [9.17, 15) is 8.42 Å². The molecule has 0 spiro atoms. The van der Waals surface area contributed by atoms with E-state index in [0.717, 1.165) is 31.6 Å². The van der Waals surface area contributed by atoms with Crippen LogP contribution in [-0.4, -0.2) is 43.7 Å². The van der Waals surface area contributed by atoms with Crippen molar-refractivity contribution in [3.63, 3.8) is 0 Å². The van der Waals surface area contributed by atoms with Gasteiger partial charge in [-0.15, -0.1) is 0 Å². The standard InChI is InChI=1S/C20H22Cl2N4O2S2/c1-26-10-8-14(9-11-26)29-24-13-2-4-15(5-3-13)30(27,28)25-18-7-6-16(21)19-17(22)12-23-20(18)19/h2-7,12,14,23-25H,8-11H2,1H3. The van der Waals surface area contributed by atoms with Crippen molar-refractivity contribution in [3.05, 3.63) is 52.6 Å². The van der Waals surface area contributed by atoms with Crippen molar-refractivity contribution in [2.45, 2.75) is 23.0 Å². The van der Waals surface area contributed by atoms with Crippen LogP contribution in [0.3, 0.4) is 0 Å². The van der Waals surface area contributed by atoms with Gasteiger partial charge < -0.3 is 14.6 Å². The Hall–Kier alpha value is -1.58. The number of fused-ring (bicyclic) bond motifs is 1. The smallest absolute Gasteiger partial charge is 0.261 e. The van der Waals surface area contributed by atoms with Gasteiger partial charge in [0.15, 0.2) is 0 Å². The van der Waals surface area contributed by atoms with E-state index in [2.05, 4.69) is 26.4 Å². The van der Waals surface area contributed by atoms with Gasteiger partial charge >= 0.3 is 0 Å². The summed E-state index contributed by atoms with van der Waals surface area (Å²) < 4.78 is 31.7. The van der Waals surface area contributed by atoms with Crippen LogP contribution in [0.25, 0.3) is 10.9 Å². The molecule has 160 valence electrons. The van der Waals surface area contributed by atoms with Crippen LogP contribution in [0.4, 0.5) is 11.4 Å². The van der Waals surface area contributed by atoms with Crippen molar-refractivity contribution in [1.29, 1.82) is 0 Å². The molecular weight excluding hydrogens is 463 g/mol. The minimum atomic E-state index is -3.76. The minimum Gasteiger partial charge on any atom is -0.358 e. The van der Waals surface area contributed by atoms with Crippen molar-refractivity contribution < 1.29 is 8.42 Å². The van der Waals surface area contributed by atoms with Crippen LogP contribution >= 0.6 is 35.1 Å². The zero-order valence-electron chi connectivity index (χ0n) is 16.3. The third kappa shape index (κ3) is 4.68. The largest absolute Gasteiger partial charge is 0.358 e. The van der Waals surface area contributed by atoms with Gasteiger partial charge in [0.25, 0.3) is 10.0 Å². The molecule has 1 aliphatic rings. The first-order valence-corrected chi connectivity index (χ1v) is 12.6. The number of rotatable bonds is 6. The molecule has 0 saturated carbocycles. The average Bonchev–Trinajstić information content (AvgIpc) is 3.13. The number of H-pyrrole nitrogens is 1. The fourth-order valence-electron chi connectivity index (χ4n) is 3.41. The van der Waals surface area contributed by atoms with Crippen molar-refractivity contribution >= 4 is 67.5 Å². The van der Waals surface area contributed by atoms with Gasteiger partial charge in [0.1, 0.15) is 0 Å². The molecule has 0 bridgehead atoms. The molecule has 0 unspecified atom stereocenters. The Bertz CT molecular complexity index is 1140. The molecule has 30 heavy (non-hydrogen) atoms. The lowest BCUT2D eigenvalue weighted by Crippen LogP contribution is -2.31. The lowest BCUT2D eigenvalue weighted by atomic mass is 10.1. The van der Waals surface area contributed by atoms with E-state index in [4.69, 9.17) is 23.2 Å². The molecule has 1 fully saturated rings. The maximum atomic E-state index is 12.9. The highest BCUT2D eigenvalue weighted by Crippen LogP contribution is 2.35. The number of sulfonamides is 1. The van der Waals surface area contributed by atoms with E-state index in [-0.39, 0.29) is 4.90 Å². The van der Waals surface area contributed by atoms with Gasteiger partial charge in [0.05, 0.1) is 26.1 Å². The zero-order valence-corrected chi connectivity index (χ0v) is 19.4. The van der Waals surface area contributed by atoms with E-state index in [1.165, 1.54) is 0 Å². The Balaban J connectivity index is 1.45. The van der Waals surface area contributed by atoms with Gasteiger partial charge in [-0.1, -0.05) is 23.2 Å². The van der Waals surface area contributed by atoms with Crippen molar-refractivity contribution in [2.75, 3.05) is 29.6 Å². The van der Waals surface area contributed by atoms with Gasteiger partial charge in [-0.25, -0.2) is 8.42 Å². The van der Waals surface area contributed by atoms with E-state index < -0.39 is 10.0 Å². The second-order valence-electron chi connectivity index (χ2n) is 7.33. The Morgan fingerprint density at radius 3 is 2.47 bits per heavy atom. The highest BCUT2D eigenvalue weighted by Gasteiger charge is 2.19. The number of benzene rings is 2. The monoisotopic (exact) mass is 484 g/mol. The molecule has 0 radical (unpaired) electrons. The van der Waals surface area contributed by atoms with Gasteiger partial charge in [-0.2, -0.15) is 0 Å². The van der Waals surface area contributed by atoms with Crippen LogP contribution in [0.15, 0.2) is 47.5 Å². The number of aromatic amines is 1. The zero-order chi connectivity index (χ0) is 21.3.